The van der Waals surface area contributed by atoms with Crippen LogP contribution < -0.4 is 9.47 Å². The highest BCUT2D eigenvalue weighted by molar-refractivity contribution is 7.71. The lowest BCUT2D eigenvalue weighted by molar-refractivity contribution is -0.147. The normalized spacial score (nSPS) is 12.3. The predicted molar refractivity (Wildman–Crippen MR) is 118 cm³/mol. The Bertz CT molecular complexity index is 1160. The van der Waals surface area contributed by atoms with Crippen LogP contribution in [0.3, 0.4) is 0 Å². The lowest BCUT2D eigenvalue weighted by Gasteiger charge is -2.19. The molecule has 3 aromatic rings. The van der Waals surface area contributed by atoms with Crippen LogP contribution in [0.1, 0.15) is 43.3 Å². The van der Waals surface area contributed by atoms with Crippen LogP contribution in [-0.2, 0) is 18.2 Å². The minimum Gasteiger partial charge on any atom is -0.493 e. The maximum atomic E-state index is 13.0. The van der Waals surface area contributed by atoms with Gasteiger partial charge in [0.05, 0.1) is 13.3 Å². The van der Waals surface area contributed by atoms with Gasteiger partial charge < -0.3 is 9.47 Å². The molecule has 0 unspecified atom stereocenters. The van der Waals surface area contributed by atoms with Gasteiger partial charge in [-0.05, 0) is 52.5 Å². The Balaban J connectivity index is 1.75. The third-order valence-electron chi connectivity index (χ3n) is 4.63. The third-order valence-corrected chi connectivity index (χ3v) is 4.89. The highest BCUT2D eigenvalue weighted by atomic mass is 32.1. The first-order valence-electron chi connectivity index (χ1n) is 9.68. The molecule has 6 nitrogen and oxygen atoms in total. The van der Waals surface area contributed by atoms with E-state index in [-0.39, 0.29) is 10.2 Å². The zero-order valence-electron chi connectivity index (χ0n) is 18.0. The third kappa shape index (κ3) is 5.56. The monoisotopic (exact) mass is 464 g/mol. The first-order chi connectivity index (χ1) is 15.0. The van der Waals surface area contributed by atoms with E-state index in [1.165, 1.54) is 18.9 Å². The number of ether oxygens (including phenoxy) is 2. The quantitative estimate of drug-likeness (QED) is 0.374. The Labute approximate surface area is 188 Å². The van der Waals surface area contributed by atoms with E-state index < -0.39 is 12.0 Å². The molecule has 1 aromatic heterocycles. The minimum absolute atomic E-state index is 0.0710. The predicted octanol–water partition coefficient (Wildman–Crippen LogP) is 5.73. The molecule has 32 heavy (non-hydrogen) atoms. The molecule has 10 heteroatoms. The SMILES string of the molecule is COc1cc(C=Nn2c(C(F)(F)F)n[nH]c2=S)ccc1OCc1ccc(C(C)(C)C)cc1. The van der Waals surface area contributed by atoms with E-state index in [2.05, 4.69) is 48.2 Å². The second-order valence-electron chi connectivity index (χ2n) is 8.05. The van der Waals surface area contributed by atoms with Gasteiger partial charge in [0.15, 0.2) is 11.5 Å². The Morgan fingerprint density at radius 2 is 1.78 bits per heavy atom. The van der Waals surface area contributed by atoms with Crippen LogP contribution in [0.25, 0.3) is 0 Å². The molecule has 0 saturated carbocycles. The molecule has 2 aromatic carbocycles. The summed E-state index contributed by atoms with van der Waals surface area (Å²) in [6.45, 7) is 6.80. The Morgan fingerprint density at radius 3 is 2.38 bits per heavy atom. The summed E-state index contributed by atoms with van der Waals surface area (Å²) in [4.78, 5) is 0. The molecule has 0 saturated heterocycles. The number of benzene rings is 2. The van der Waals surface area contributed by atoms with Gasteiger partial charge in [0.25, 0.3) is 5.82 Å². The van der Waals surface area contributed by atoms with E-state index >= 15 is 0 Å². The van der Waals surface area contributed by atoms with Gasteiger partial charge in [-0.3, -0.25) is 0 Å². The number of nitrogens with one attached hydrogen (secondary N) is 1. The van der Waals surface area contributed by atoms with Crippen molar-refractivity contribution in [3.8, 4) is 11.5 Å². The van der Waals surface area contributed by atoms with E-state index in [0.29, 0.717) is 28.3 Å². The van der Waals surface area contributed by atoms with E-state index in [4.69, 9.17) is 21.7 Å². The summed E-state index contributed by atoms with van der Waals surface area (Å²) < 4.78 is 50.5. The van der Waals surface area contributed by atoms with Crippen molar-refractivity contribution in [2.45, 2.75) is 39.0 Å². The molecule has 3 rings (SSSR count). The molecule has 0 aliphatic rings. The molecule has 0 bridgehead atoms. The van der Waals surface area contributed by atoms with Crippen LogP contribution >= 0.6 is 12.2 Å². The number of halogens is 3. The fraction of sp³-hybridized carbons (Fsp3) is 0.318. The van der Waals surface area contributed by atoms with Crippen molar-refractivity contribution in [3.63, 3.8) is 0 Å². The van der Waals surface area contributed by atoms with Crippen LogP contribution in [0.15, 0.2) is 47.6 Å². The fourth-order valence-electron chi connectivity index (χ4n) is 2.85. The van der Waals surface area contributed by atoms with Crippen molar-refractivity contribution in [2.24, 2.45) is 5.10 Å². The van der Waals surface area contributed by atoms with Gasteiger partial charge in [0.1, 0.15) is 6.61 Å². The molecule has 0 aliphatic carbocycles. The number of methoxy groups -OCH3 is 1. The average Bonchev–Trinajstić information content (AvgIpc) is 3.11. The number of aromatic amines is 1. The van der Waals surface area contributed by atoms with Gasteiger partial charge >= 0.3 is 6.18 Å². The second kappa shape index (κ2) is 9.15. The van der Waals surface area contributed by atoms with Crippen LogP contribution in [0.4, 0.5) is 13.2 Å². The zero-order chi connectivity index (χ0) is 23.5. The van der Waals surface area contributed by atoms with Crippen molar-refractivity contribution < 1.29 is 22.6 Å². The van der Waals surface area contributed by atoms with Crippen LogP contribution in [0.5, 0.6) is 11.5 Å². The molecule has 170 valence electrons. The fourth-order valence-corrected chi connectivity index (χ4v) is 3.03. The van der Waals surface area contributed by atoms with Crippen molar-refractivity contribution in [1.29, 1.82) is 0 Å². The summed E-state index contributed by atoms with van der Waals surface area (Å²) in [5, 5.41) is 9.08. The smallest absolute Gasteiger partial charge is 0.453 e. The summed E-state index contributed by atoms with van der Waals surface area (Å²) >= 11 is 4.82. The summed E-state index contributed by atoms with van der Waals surface area (Å²) in [7, 11) is 1.48. The Morgan fingerprint density at radius 1 is 1.09 bits per heavy atom. The van der Waals surface area contributed by atoms with Crippen molar-refractivity contribution in [2.75, 3.05) is 7.11 Å². The molecule has 1 N–H and O–H groups in total. The van der Waals surface area contributed by atoms with E-state index in [0.717, 1.165) is 5.56 Å². The van der Waals surface area contributed by atoms with Gasteiger partial charge in [-0.2, -0.15) is 22.9 Å². The molecular formula is C22H23F3N4O2S. The van der Waals surface area contributed by atoms with Crippen LogP contribution in [-0.4, -0.2) is 28.2 Å². The first kappa shape index (κ1) is 23.5. The lowest BCUT2D eigenvalue weighted by Crippen LogP contribution is -2.12. The van der Waals surface area contributed by atoms with Crippen molar-refractivity contribution in [1.82, 2.24) is 14.9 Å². The second-order valence-corrected chi connectivity index (χ2v) is 8.44. The molecule has 0 amide bonds. The number of H-pyrrole nitrogens is 1. The minimum atomic E-state index is -4.69. The number of rotatable bonds is 6. The van der Waals surface area contributed by atoms with Crippen molar-refractivity contribution in [3.05, 3.63) is 69.8 Å². The largest absolute Gasteiger partial charge is 0.493 e. The summed E-state index contributed by atoms with van der Waals surface area (Å²) in [6.07, 6.45) is -3.45. The number of alkyl halides is 3. The van der Waals surface area contributed by atoms with Crippen LogP contribution in [0, 0.1) is 4.77 Å². The Kier molecular flexibility index (Phi) is 6.73. The standard InChI is InChI=1S/C22H23F3N4O2S/c1-21(2,3)16-8-5-14(6-9-16)13-31-17-10-7-15(11-18(17)30-4)12-26-29-19(22(23,24)25)27-28-20(29)32/h5-12H,13H2,1-4H3,(H,28,32). The van der Waals surface area contributed by atoms with Gasteiger partial charge in [-0.1, -0.05) is 45.0 Å². The maximum absolute atomic E-state index is 13.0. The molecule has 0 aliphatic heterocycles. The number of hydrogen-bond acceptors (Lipinski definition) is 5. The van der Waals surface area contributed by atoms with Gasteiger partial charge in [-0.15, -0.1) is 5.10 Å². The van der Waals surface area contributed by atoms with Gasteiger partial charge in [0.2, 0.25) is 4.77 Å². The topological polar surface area (TPSA) is 64.4 Å². The maximum Gasteiger partial charge on any atom is 0.453 e. The molecule has 0 radical (unpaired) electrons. The first-order valence-corrected chi connectivity index (χ1v) is 10.1. The van der Waals surface area contributed by atoms with E-state index in [1.807, 2.05) is 12.1 Å². The highest BCUT2D eigenvalue weighted by Crippen LogP contribution is 2.30. The van der Waals surface area contributed by atoms with E-state index in [1.54, 1.807) is 18.2 Å². The molecule has 1 heterocycles. The molecule has 0 fully saturated rings. The summed E-state index contributed by atoms with van der Waals surface area (Å²) in [5.74, 6) is -0.310. The number of aromatic nitrogens is 3. The average molecular weight is 465 g/mol. The summed E-state index contributed by atoms with van der Waals surface area (Å²) in [6, 6.07) is 13.1. The van der Waals surface area contributed by atoms with Gasteiger partial charge in [0, 0.05) is 0 Å². The lowest BCUT2D eigenvalue weighted by atomic mass is 9.87. The number of nitrogens with zero attached hydrogens (tertiary/aromatic N) is 3. The summed E-state index contributed by atoms with van der Waals surface area (Å²) in [5.41, 5.74) is 2.80. The van der Waals surface area contributed by atoms with Crippen LogP contribution in [0.2, 0.25) is 0 Å². The number of hydrogen-bond donors (Lipinski definition) is 1. The highest BCUT2D eigenvalue weighted by Gasteiger charge is 2.37. The molecule has 0 spiro atoms. The van der Waals surface area contributed by atoms with E-state index in [9.17, 15) is 13.2 Å². The molecule has 0 atom stereocenters. The Hall–Kier alpha value is -3.14. The van der Waals surface area contributed by atoms with Gasteiger partial charge in [-0.25, -0.2) is 5.10 Å². The van der Waals surface area contributed by atoms with Crippen molar-refractivity contribution >= 4 is 18.4 Å². The molecular weight excluding hydrogens is 441 g/mol. The zero-order valence-corrected chi connectivity index (χ0v) is 18.8.